The highest BCUT2D eigenvalue weighted by Crippen LogP contribution is 2.35. The second kappa shape index (κ2) is 16.2. The summed E-state index contributed by atoms with van der Waals surface area (Å²) < 4.78 is 136. The van der Waals surface area contributed by atoms with Gasteiger partial charge < -0.3 is 0 Å². The van der Waals surface area contributed by atoms with Gasteiger partial charge in [-0.3, -0.25) is 18.2 Å². The number of fused-ring (bicyclic) bond motifs is 3. The lowest BCUT2D eigenvalue weighted by Gasteiger charge is -2.12. The summed E-state index contributed by atoms with van der Waals surface area (Å²) in [5.74, 6) is -0.130. The summed E-state index contributed by atoms with van der Waals surface area (Å²) in [4.78, 5) is 17.2. The van der Waals surface area contributed by atoms with Crippen molar-refractivity contribution in [2.24, 2.45) is 0 Å². The zero-order valence-corrected chi connectivity index (χ0v) is 36.2. The van der Waals surface area contributed by atoms with E-state index in [1.54, 1.807) is 36.4 Å². The monoisotopic (exact) mass is 962 g/mol. The Labute approximate surface area is 373 Å². The van der Waals surface area contributed by atoms with Crippen molar-refractivity contribution >= 4 is 62.3 Å². The highest BCUT2D eigenvalue weighted by atomic mass is 32.2. The number of benzene rings is 5. The predicted molar refractivity (Wildman–Crippen MR) is 236 cm³/mol. The Morgan fingerprint density at radius 3 is 0.909 bits per heavy atom. The van der Waals surface area contributed by atoms with Gasteiger partial charge in [0.2, 0.25) is 11.6 Å². The molecule has 4 aromatic heterocycles. The molecule has 0 spiro atoms. The Bertz CT molecular complexity index is 3720. The third-order valence-corrected chi connectivity index (χ3v) is 13.4. The van der Waals surface area contributed by atoms with Crippen LogP contribution in [0.3, 0.4) is 0 Å². The number of rotatable bonds is 10. The molecule has 66 heavy (non-hydrogen) atoms. The Hall–Kier alpha value is -7.42. The van der Waals surface area contributed by atoms with Gasteiger partial charge in [0.05, 0.1) is 30.6 Å². The average molecular weight is 963 g/mol. The van der Waals surface area contributed by atoms with E-state index in [1.807, 2.05) is 0 Å². The van der Waals surface area contributed by atoms with Crippen molar-refractivity contribution in [1.82, 2.24) is 40.3 Å². The third kappa shape index (κ3) is 8.72. The van der Waals surface area contributed by atoms with Crippen LogP contribution >= 0.6 is 0 Å². The molecule has 20 nitrogen and oxygen atoms in total. The first kappa shape index (κ1) is 43.8. The second-order valence-electron chi connectivity index (χ2n) is 14.3. The number of pyridine rings is 2. The van der Waals surface area contributed by atoms with Crippen LogP contribution in [-0.2, 0) is 40.5 Å². The van der Waals surface area contributed by atoms with Crippen molar-refractivity contribution in [2.75, 3.05) is 0 Å². The fourth-order valence-corrected chi connectivity index (χ4v) is 9.00. The minimum Gasteiger partial charge on any atom is -0.282 e. The van der Waals surface area contributed by atoms with Gasteiger partial charge in [0, 0.05) is 33.0 Å². The van der Waals surface area contributed by atoms with Gasteiger partial charge in [0.25, 0.3) is 40.5 Å². The van der Waals surface area contributed by atoms with E-state index in [0.717, 1.165) is 48.5 Å². The lowest BCUT2D eigenvalue weighted by atomic mass is 10.0. The molecule has 0 bridgehead atoms. The maximum atomic E-state index is 12.1. The molecular weight excluding hydrogens is 937 g/mol. The summed E-state index contributed by atoms with van der Waals surface area (Å²) in [7, 11) is -18.7. The maximum Gasteiger partial charge on any atom is 0.294 e. The molecule has 0 aliphatic heterocycles. The van der Waals surface area contributed by atoms with Gasteiger partial charge in [-0.15, -0.1) is 20.4 Å². The van der Waals surface area contributed by atoms with E-state index >= 15 is 0 Å². The molecule has 0 fully saturated rings. The van der Waals surface area contributed by atoms with Crippen molar-refractivity contribution in [2.45, 2.75) is 19.6 Å². The largest absolute Gasteiger partial charge is 0.294 e. The molecular formula is C42H26N8O12S4. The van der Waals surface area contributed by atoms with E-state index < -0.39 is 60.1 Å². The Kier molecular flexibility index (Phi) is 10.8. The lowest BCUT2D eigenvalue weighted by Crippen LogP contribution is -2.04. The van der Waals surface area contributed by atoms with Crippen molar-refractivity contribution in [3.63, 3.8) is 0 Å². The summed E-state index contributed by atoms with van der Waals surface area (Å²) in [6.45, 7) is 0. The highest BCUT2D eigenvalue weighted by molar-refractivity contribution is 7.86. The van der Waals surface area contributed by atoms with Crippen LogP contribution in [0.15, 0.2) is 153 Å². The smallest absolute Gasteiger partial charge is 0.282 e. The van der Waals surface area contributed by atoms with Crippen LogP contribution < -0.4 is 0 Å². The zero-order valence-electron chi connectivity index (χ0n) is 33.0. The molecule has 0 unspecified atom stereocenters. The highest BCUT2D eigenvalue weighted by Gasteiger charge is 2.23. The van der Waals surface area contributed by atoms with Gasteiger partial charge in [0.1, 0.15) is 34.2 Å². The average Bonchev–Trinajstić information content (AvgIpc) is 3.30. The number of aromatic nitrogens is 8. The van der Waals surface area contributed by atoms with Crippen LogP contribution in [0, 0.1) is 0 Å². The fraction of sp³-hybridized carbons (Fsp3) is 0. The molecule has 0 saturated heterocycles. The Balaban J connectivity index is 1.20. The molecule has 0 aliphatic carbocycles. The fourth-order valence-electron chi connectivity index (χ4n) is 6.89. The van der Waals surface area contributed by atoms with Crippen LogP contribution in [0.2, 0.25) is 0 Å². The molecule has 0 atom stereocenters. The first-order valence-corrected chi connectivity index (χ1v) is 24.5. The lowest BCUT2D eigenvalue weighted by molar-refractivity contribution is 0.481. The molecule has 4 heterocycles. The Morgan fingerprint density at radius 1 is 0.318 bits per heavy atom. The quantitative estimate of drug-likeness (QED) is 0.0883. The first-order chi connectivity index (χ1) is 31.2. The van der Waals surface area contributed by atoms with Crippen LogP contribution in [-0.4, -0.2) is 92.2 Å². The summed E-state index contributed by atoms with van der Waals surface area (Å²) in [5, 5.41) is 18.5. The van der Waals surface area contributed by atoms with Crippen LogP contribution in [0.4, 0.5) is 0 Å². The summed E-state index contributed by atoms with van der Waals surface area (Å²) in [5.41, 5.74) is 1.56. The standard InChI is InChI=1S/C42H26N8O12S4/c51-63(52,53)29-9-1-5-25(19-29)37-39(27-7-3-11-31(21-27)65(57,58)59)47-49-41(45-37)33-17-15-23-13-14-24-16-18-34(44-36(24)35(23)43-33)42-46-38(26-6-2-10-30(20-26)64(54,55)56)40(48-50-42)28-8-4-12-32(22-28)66(60,61)62/h1-22H,(H,51,52,53)(H,54,55,56)(H,57,58,59)(H,60,61,62). The van der Waals surface area contributed by atoms with Crippen molar-refractivity contribution < 1.29 is 51.9 Å². The third-order valence-electron chi connectivity index (χ3n) is 9.97. The molecule has 0 aliphatic rings. The molecule has 0 radical (unpaired) electrons. The summed E-state index contributed by atoms with van der Waals surface area (Å²) in [6.07, 6.45) is 0. The topological polar surface area (TPSA) is 321 Å². The van der Waals surface area contributed by atoms with Gasteiger partial charge in [0.15, 0.2) is 0 Å². The van der Waals surface area contributed by atoms with Crippen molar-refractivity contribution in [3.8, 4) is 68.1 Å². The van der Waals surface area contributed by atoms with Gasteiger partial charge in [-0.05, 0) is 60.7 Å². The van der Waals surface area contributed by atoms with Crippen LogP contribution in [0.25, 0.3) is 89.9 Å². The van der Waals surface area contributed by atoms with E-state index in [4.69, 9.17) is 19.9 Å². The SMILES string of the molecule is O=S(=O)(O)c1cccc(-c2nnc(-c3ccc4ccc5ccc(-c6nnc(-c7cccc(S(=O)(=O)O)c7)c(-c7cccc(S(=O)(=O)O)c7)n6)nc5c4n3)nc2-c2cccc(S(=O)(=O)O)c2)c1. The first-order valence-electron chi connectivity index (χ1n) is 18.7. The minimum atomic E-state index is -4.68. The predicted octanol–water partition coefficient (Wildman–Crippen LogP) is 6.14. The molecule has 9 aromatic rings. The molecule has 24 heteroatoms. The summed E-state index contributed by atoms with van der Waals surface area (Å²) >= 11 is 0. The minimum absolute atomic E-state index is 0.00829. The Morgan fingerprint density at radius 2 is 0.606 bits per heavy atom. The number of hydrogen-bond donors (Lipinski definition) is 4. The van der Waals surface area contributed by atoms with E-state index in [-0.39, 0.29) is 68.1 Å². The van der Waals surface area contributed by atoms with Gasteiger partial charge in [-0.1, -0.05) is 72.8 Å². The van der Waals surface area contributed by atoms with Crippen molar-refractivity contribution in [1.29, 1.82) is 0 Å². The van der Waals surface area contributed by atoms with Crippen LogP contribution in [0.1, 0.15) is 0 Å². The van der Waals surface area contributed by atoms with Gasteiger partial charge in [-0.2, -0.15) is 33.7 Å². The summed E-state index contributed by atoms with van der Waals surface area (Å²) in [6, 6.07) is 30.8. The maximum absolute atomic E-state index is 12.1. The molecule has 0 saturated carbocycles. The molecule has 4 N–H and O–H groups in total. The van der Waals surface area contributed by atoms with Crippen LogP contribution in [0.5, 0.6) is 0 Å². The molecule has 330 valence electrons. The van der Waals surface area contributed by atoms with E-state index in [2.05, 4.69) is 20.4 Å². The number of hydrogen-bond acceptors (Lipinski definition) is 16. The van der Waals surface area contributed by atoms with E-state index in [0.29, 0.717) is 21.8 Å². The molecule has 9 rings (SSSR count). The molecule has 0 amide bonds. The normalized spacial score (nSPS) is 12.4. The van der Waals surface area contributed by atoms with Gasteiger partial charge >= 0.3 is 0 Å². The van der Waals surface area contributed by atoms with E-state index in [1.165, 1.54) is 48.5 Å². The van der Waals surface area contributed by atoms with Crippen molar-refractivity contribution in [3.05, 3.63) is 133 Å². The van der Waals surface area contributed by atoms with Gasteiger partial charge in [-0.25, -0.2) is 19.9 Å². The van der Waals surface area contributed by atoms with E-state index in [9.17, 15) is 51.9 Å². The molecule has 5 aromatic carbocycles. The number of nitrogens with zero attached hydrogens (tertiary/aromatic N) is 8. The zero-order chi connectivity index (χ0) is 46.8. The second-order valence-corrected chi connectivity index (χ2v) is 20.0.